The van der Waals surface area contributed by atoms with Gasteiger partial charge in [-0.25, -0.2) is 4.79 Å². The summed E-state index contributed by atoms with van der Waals surface area (Å²) in [6.45, 7) is 2.92. The zero-order valence-electron chi connectivity index (χ0n) is 13.6. The maximum Gasteiger partial charge on any atom is 0.328 e. The molecule has 3 atom stereocenters. The van der Waals surface area contributed by atoms with Gasteiger partial charge in [-0.05, 0) is 6.92 Å². The van der Waals surface area contributed by atoms with Crippen molar-refractivity contribution in [3.8, 4) is 0 Å². The first-order valence-corrected chi connectivity index (χ1v) is 6.62. The molecule has 1 amide bonds. The highest BCUT2D eigenvalue weighted by molar-refractivity contribution is 5.82. The lowest BCUT2D eigenvalue weighted by Crippen LogP contribution is -2.46. The molecule has 0 aliphatic heterocycles. The Labute approximate surface area is 129 Å². The number of carbonyl (C=O) groups is 3. The highest BCUT2D eigenvalue weighted by Gasteiger charge is 2.23. The average molecular weight is 322 g/mol. The number of aliphatic hydroxyl groups excluding tert-OH is 2. The van der Waals surface area contributed by atoms with E-state index in [1.807, 2.05) is 21.1 Å². The molecule has 0 bridgehead atoms. The van der Waals surface area contributed by atoms with Crippen molar-refractivity contribution in [3.05, 3.63) is 0 Å². The Morgan fingerprint density at radius 2 is 1.64 bits per heavy atom. The highest BCUT2D eigenvalue weighted by Crippen LogP contribution is 1.97. The van der Waals surface area contributed by atoms with Gasteiger partial charge in [0.15, 0.2) is 6.04 Å². The van der Waals surface area contributed by atoms with Crippen molar-refractivity contribution in [2.45, 2.75) is 38.5 Å². The molecule has 0 radical (unpaired) electrons. The van der Waals surface area contributed by atoms with Crippen LogP contribution in [-0.2, 0) is 14.4 Å². The summed E-state index contributed by atoms with van der Waals surface area (Å²) in [5.74, 6) is -2.92. The van der Waals surface area contributed by atoms with Gasteiger partial charge in [0.05, 0.1) is 27.2 Å². The summed E-state index contributed by atoms with van der Waals surface area (Å²) in [4.78, 5) is 30.7. The van der Waals surface area contributed by atoms with E-state index >= 15 is 0 Å². The average Bonchev–Trinajstić information content (AvgIpc) is 2.21. The molecule has 0 saturated carbocycles. The van der Waals surface area contributed by atoms with Crippen LogP contribution in [0, 0.1) is 0 Å². The first-order valence-electron chi connectivity index (χ1n) is 6.62. The molecule has 4 N–H and O–H groups in total. The number of carbonyl (C=O) groups excluding carboxylic acids is 2. The number of aliphatic carboxylic acids is 2. The van der Waals surface area contributed by atoms with Crippen LogP contribution < -0.4 is 10.4 Å². The number of rotatable bonds is 7. The zero-order valence-corrected chi connectivity index (χ0v) is 13.6. The Kier molecular flexibility index (Phi) is 10.4. The smallest absolute Gasteiger partial charge is 0.328 e. The van der Waals surface area contributed by atoms with Crippen molar-refractivity contribution in [1.29, 1.82) is 0 Å². The fraction of sp³-hybridized carbons (Fsp3) is 0.769. The number of carboxylic acid groups (broad SMARTS) is 2. The summed E-state index contributed by atoms with van der Waals surface area (Å²) in [6.07, 6.45) is -2.17. The first-order chi connectivity index (χ1) is 9.76. The van der Waals surface area contributed by atoms with Gasteiger partial charge in [0, 0.05) is 19.3 Å². The number of nitrogens with zero attached hydrogens (tertiary/aromatic N) is 1. The third-order valence-corrected chi connectivity index (χ3v) is 2.27. The molecule has 130 valence electrons. The molecule has 9 heteroatoms. The summed E-state index contributed by atoms with van der Waals surface area (Å²) in [5, 5.41) is 38.5. The fourth-order valence-corrected chi connectivity index (χ4v) is 1.50. The van der Waals surface area contributed by atoms with Crippen molar-refractivity contribution in [1.82, 2.24) is 5.32 Å². The molecule has 0 aliphatic rings. The number of quaternary nitrogens is 1. The monoisotopic (exact) mass is 322 g/mol. The molecule has 0 rings (SSSR count). The molecule has 0 aromatic rings. The van der Waals surface area contributed by atoms with E-state index in [-0.39, 0.29) is 6.42 Å². The molecule has 0 fully saturated rings. The molecule has 22 heavy (non-hydrogen) atoms. The van der Waals surface area contributed by atoms with Crippen LogP contribution in [0.4, 0.5) is 0 Å². The topological polar surface area (TPSA) is 147 Å². The number of amides is 1. The Morgan fingerprint density at radius 1 is 1.18 bits per heavy atom. The first kappa shape index (κ1) is 22.6. The van der Waals surface area contributed by atoms with Gasteiger partial charge in [-0.1, -0.05) is 0 Å². The van der Waals surface area contributed by atoms with Gasteiger partial charge in [0.1, 0.15) is 12.6 Å². The van der Waals surface area contributed by atoms with E-state index in [1.54, 1.807) is 0 Å². The van der Waals surface area contributed by atoms with Crippen LogP contribution in [0.3, 0.4) is 0 Å². The molecular weight excluding hydrogens is 296 g/mol. The summed E-state index contributed by atoms with van der Waals surface area (Å²) in [5.41, 5.74) is 0. The Balaban J connectivity index is 0. The molecule has 0 spiro atoms. The Morgan fingerprint density at radius 3 is 1.82 bits per heavy atom. The summed E-state index contributed by atoms with van der Waals surface area (Å²) in [7, 11) is 5.66. The second-order valence-corrected chi connectivity index (χ2v) is 5.96. The summed E-state index contributed by atoms with van der Waals surface area (Å²) >= 11 is 0. The van der Waals surface area contributed by atoms with E-state index in [0.717, 1.165) is 0 Å². The van der Waals surface area contributed by atoms with E-state index in [4.69, 9.17) is 15.3 Å². The maximum absolute atomic E-state index is 10.4. The Bertz CT molecular complexity index is 377. The quantitative estimate of drug-likeness (QED) is 0.369. The third-order valence-electron chi connectivity index (χ3n) is 2.27. The molecule has 3 unspecified atom stereocenters. The van der Waals surface area contributed by atoms with Crippen LogP contribution in [0.25, 0.3) is 0 Å². The third kappa shape index (κ3) is 14.7. The Hall–Kier alpha value is -1.71. The minimum atomic E-state index is -1.24. The molecule has 0 aromatic carbocycles. The van der Waals surface area contributed by atoms with Gasteiger partial charge in [-0.15, -0.1) is 0 Å². The van der Waals surface area contributed by atoms with Crippen LogP contribution in [0.1, 0.15) is 20.3 Å². The highest BCUT2D eigenvalue weighted by atomic mass is 16.4. The van der Waals surface area contributed by atoms with E-state index in [9.17, 15) is 19.5 Å². The number of hydrogen-bond acceptors (Lipinski definition) is 6. The molecule has 0 aliphatic carbocycles. The van der Waals surface area contributed by atoms with Crippen molar-refractivity contribution in [2.75, 3.05) is 27.7 Å². The van der Waals surface area contributed by atoms with E-state index in [2.05, 4.69) is 5.32 Å². The van der Waals surface area contributed by atoms with Gasteiger partial charge < -0.3 is 35.0 Å². The largest absolute Gasteiger partial charge is 0.550 e. The lowest BCUT2D eigenvalue weighted by Gasteiger charge is -2.26. The SMILES string of the molecule is CC(=O)NC(C(=O)O)C(C)O.C[N+](C)(C)CC(O)CC(=O)[O-]. The van der Waals surface area contributed by atoms with Gasteiger partial charge in [-0.3, -0.25) is 4.79 Å². The molecule has 9 nitrogen and oxygen atoms in total. The van der Waals surface area contributed by atoms with Crippen molar-refractivity contribution < 1.29 is 39.3 Å². The van der Waals surface area contributed by atoms with Crippen molar-refractivity contribution in [3.63, 3.8) is 0 Å². The van der Waals surface area contributed by atoms with Crippen LogP contribution >= 0.6 is 0 Å². The standard InChI is InChI=1S/C7H15NO3.C6H11NO4/c1-8(2,3)5-6(9)4-7(10)11;1-3(8)5(6(10)11)7-4(2)9/h6,9H,4-5H2,1-3H3;3,5,8H,1-2H3,(H,7,9)(H,10,11). The maximum atomic E-state index is 10.4. The van der Waals surface area contributed by atoms with Crippen LogP contribution in [0.2, 0.25) is 0 Å². The summed E-state index contributed by atoms with van der Waals surface area (Å²) in [6, 6.07) is -1.22. The second-order valence-electron chi connectivity index (χ2n) is 5.96. The normalized spacial score (nSPS) is 14.9. The predicted octanol–water partition coefficient (Wildman–Crippen LogP) is -2.85. The zero-order chi connectivity index (χ0) is 18.1. The van der Waals surface area contributed by atoms with Crippen LogP contribution in [0.15, 0.2) is 0 Å². The predicted molar refractivity (Wildman–Crippen MR) is 75.5 cm³/mol. The van der Waals surface area contributed by atoms with Crippen LogP contribution in [0.5, 0.6) is 0 Å². The molecule has 0 aromatic heterocycles. The second kappa shape index (κ2) is 10.1. The fourth-order valence-electron chi connectivity index (χ4n) is 1.50. The van der Waals surface area contributed by atoms with Crippen LogP contribution in [-0.4, -0.2) is 83.6 Å². The van der Waals surface area contributed by atoms with Crippen molar-refractivity contribution in [2.24, 2.45) is 0 Å². The molecule has 0 heterocycles. The number of aliphatic hydroxyl groups is 2. The lowest BCUT2D eigenvalue weighted by molar-refractivity contribution is -0.873. The van der Waals surface area contributed by atoms with E-state index in [1.165, 1.54) is 13.8 Å². The minimum Gasteiger partial charge on any atom is -0.550 e. The number of carboxylic acids is 2. The number of nitrogens with one attached hydrogen (secondary N) is 1. The van der Waals surface area contributed by atoms with Gasteiger partial charge in [-0.2, -0.15) is 0 Å². The van der Waals surface area contributed by atoms with E-state index < -0.39 is 36.1 Å². The van der Waals surface area contributed by atoms with Gasteiger partial charge in [0.25, 0.3) is 0 Å². The number of hydrogen-bond donors (Lipinski definition) is 4. The van der Waals surface area contributed by atoms with Gasteiger partial charge >= 0.3 is 5.97 Å². The summed E-state index contributed by atoms with van der Waals surface area (Å²) < 4.78 is 0.550. The van der Waals surface area contributed by atoms with Gasteiger partial charge in [0.2, 0.25) is 5.91 Å². The molecular formula is C13H26N2O7. The minimum absolute atomic E-state index is 0.282. The lowest BCUT2D eigenvalue weighted by atomic mass is 10.2. The number of likely N-dealkylation sites (N-methyl/N-ethyl adjacent to an activating group) is 1. The molecule has 0 saturated heterocycles. The van der Waals surface area contributed by atoms with E-state index in [0.29, 0.717) is 11.0 Å². The van der Waals surface area contributed by atoms with Crippen molar-refractivity contribution >= 4 is 17.8 Å².